The van der Waals surface area contributed by atoms with E-state index in [1.54, 1.807) is 18.2 Å². The molecular formula is C23H18ClN3O3. The average Bonchev–Trinajstić information content (AvgIpc) is 2.99. The summed E-state index contributed by atoms with van der Waals surface area (Å²) >= 11 is 6.00. The third-order valence-corrected chi connectivity index (χ3v) is 5.19. The molecule has 4 rings (SSSR count). The van der Waals surface area contributed by atoms with Crippen molar-refractivity contribution in [2.24, 2.45) is 0 Å². The lowest BCUT2D eigenvalue weighted by Gasteiger charge is -2.26. The highest BCUT2D eigenvalue weighted by Gasteiger charge is 2.37. The number of amides is 4. The van der Waals surface area contributed by atoms with E-state index >= 15 is 0 Å². The van der Waals surface area contributed by atoms with Crippen LogP contribution in [0.1, 0.15) is 17.0 Å². The van der Waals surface area contributed by atoms with E-state index in [0.717, 1.165) is 27.5 Å². The molecule has 1 aliphatic rings. The second kappa shape index (κ2) is 7.65. The van der Waals surface area contributed by atoms with E-state index in [2.05, 4.69) is 5.32 Å². The lowest BCUT2D eigenvalue weighted by molar-refractivity contribution is -0.122. The number of carbonyl (C=O) groups is 3. The normalized spacial score (nSPS) is 15.6. The summed E-state index contributed by atoms with van der Waals surface area (Å²) in [5.41, 5.74) is 3.69. The summed E-state index contributed by atoms with van der Waals surface area (Å²) in [5, 5.41) is 2.61. The van der Waals surface area contributed by atoms with Gasteiger partial charge in [0.1, 0.15) is 5.57 Å². The van der Waals surface area contributed by atoms with Crippen LogP contribution in [0, 0.1) is 13.8 Å². The number of anilines is 1. The summed E-state index contributed by atoms with van der Waals surface area (Å²) in [7, 11) is 0. The predicted octanol–water partition coefficient (Wildman–Crippen LogP) is 4.41. The molecule has 3 aromatic rings. The molecule has 0 radical (unpaired) electrons. The minimum atomic E-state index is -0.806. The van der Waals surface area contributed by atoms with Crippen LogP contribution in [-0.4, -0.2) is 22.4 Å². The lowest BCUT2D eigenvalue weighted by atomic mass is 10.1. The maximum atomic E-state index is 13.1. The second-order valence-corrected chi connectivity index (χ2v) is 7.37. The molecule has 1 saturated heterocycles. The van der Waals surface area contributed by atoms with Gasteiger partial charge >= 0.3 is 6.03 Å². The summed E-state index contributed by atoms with van der Waals surface area (Å²) in [6, 6.07) is 17.2. The van der Waals surface area contributed by atoms with Crippen LogP contribution in [0.15, 0.2) is 66.2 Å². The highest BCUT2D eigenvalue weighted by molar-refractivity contribution is 6.39. The fourth-order valence-corrected chi connectivity index (χ4v) is 3.76. The van der Waals surface area contributed by atoms with Gasteiger partial charge in [-0.05, 0) is 61.9 Å². The van der Waals surface area contributed by atoms with E-state index in [1.165, 1.54) is 12.1 Å². The predicted molar refractivity (Wildman–Crippen MR) is 116 cm³/mol. The van der Waals surface area contributed by atoms with Crippen molar-refractivity contribution < 1.29 is 14.4 Å². The average molecular weight is 420 g/mol. The summed E-state index contributed by atoms with van der Waals surface area (Å²) in [4.78, 5) is 38.8. The van der Waals surface area contributed by atoms with Crippen molar-refractivity contribution in [2.45, 2.75) is 13.8 Å². The molecule has 6 nitrogen and oxygen atoms in total. The van der Waals surface area contributed by atoms with E-state index in [1.807, 2.05) is 54.8 Å². The number of benzene rings is 2. The number of barbiturate groups is 1. The Morgan fingerprint density at radius 2 is 1.60 bits per heavy atom. The van der Waals surface area contributed by atoms with Gasteiger partial charge in [-0.2, -0.15) is 0 Å². The Morgan fingerprint density at radius 1 is 0.900 bits per heavy atom. The van der Waals surface area contributed by atoms with Gasteiger partial charge in [-0.1, -0.05) is 35.9 Å². The van der Waals surface area contributed by atoms with Gasteiger partial charge < -0.3 is 4.57 Å². The van der Waals surface area contributed by atoms with Crippen LogP contribution in [0.2, 0.25) is 5.02 Å². The number of aryl methyl sites for hydroxylation is 1. The van der Waals surface area contributed by atoms with Crippen molar-refractivity contribution in [1.29, 1.82) is 0 Å². The first kappa shape index (κ1) is 19.7. The maximum Gasteiger partial charge on any atom is 0.335 e. The van der Waals surface area contributed by atoms with Crippen LogP contribution in [0.25, 0.3) is 11.8 Å². The molecule has 0 spiro atoms. The maximum absolute atomic E-state index is 13.1. The number of hydrogen-bond acceptors (Lipinski definition) is 3. The Morgan fingerprint density at radius 3 is 2.30 bits per heavy atom. The third kappa shape index (κ3) is 3.42. The van der Waals surface area contributed by atoms with Crippen molar-refractivity contribution in [3.63, 3.8) is 0 Å². The standard InChI is InChI=1S/C23H18ClN3O3/c1-14-11-16(15(2)26(14)18-8-4-3-5-9-18)12-20-21(28)25-23(30)27(22(20)29)19-10-6-7-17(24)13-19/h3-13H,1-2H3,(H,25,28,30)/b20-12+. The first-order valence-corrected chi connectivity index (χ1v) is 9.66. The number of carbonyl (C=O) groups excluding carboxylic acids is 3. The molecule has 0 unspecified atom stereocenters. The van der Waals surface area contributed by atoms with Crippen molar-refractivity contribution in [3.8, 4) is 5.69 Å². The molecule has 7 heteroatoms. The Kier molecular flexibility index (Phi) is 5.01. The molecule has 1 fully saturated rings. The number of aromatic nitrogens is 1. The Hall–Kier alpha value is -3.64. The second-order valence-electron chi connectivity index (χ2n) is 6.94. The molecule has 2 aromatic carbocycles. The molecule has 0 atom stereocenters. The highest BCUT2D eigenvalue weighted by Crippen LogP contribution is 2.27. The SMILES string of the molecule is Cc1cc(/C=C2\C(=O)NC(=O)N(c3cccc(Cl)c3)C2=O)c(C)n1-c1ccccc1. The number of rotatable bonds is 3. The molecule has 0 bridgehead atoms. The first-order valence-electron chi connectivity index (χ1n) is 9.28. The molecule has 0 saturated carbocycles. The summed E-state index contributed by atoms with van der Waals surface area (Å²) in [5.74, 6) is -1.43. The number of nitrogens with zero attached hydrogens (tertiary/aromatic N) is 2. The molecule has 30 heavy (non-hydrogen) atoms. The molecule has 0 aliphatic carbocycles. The quantitative estimate of drug-likeness (QED) is 0.504. The zero-order valence-corrected chi connectivity index (χ0v) is 17.1. The Labute approximate surface area is 178 Å². The molecule has 1 aliphatic heterocycles. The van der Waals surface area contributed by atoms with Crippen LogP contribution in [0.4, 0.5) is 10.5 Å². The van der Waals surface area contributed by atoms with Crippen LogP contribution in [0.5, 0.6) is 0 Å². The highest BCUT2D eigenvalue weighted by atomic mass is 35.5. The molecule has 1 N–H and O–H groups in total. The summed E-state index contributed by atoms with van der Waals surface area (Å²) in [6.45, 7) is 3.87. The van der Waals surface area contributed by atoms with Crippen LogP contribution in [-0.2, 0) is 9.59 Å². The number of para-hydroxylation sites is 1. The fourth-order valence-electron chi connectivity index (χ4n) is 3.57. The van der Waals surface area contributed by atoms with Crippen molar-refractivity contribution in [2.75, 3.05) is 4.90 Å². The third-order valence-electron chi connectivity index (χ3n) is 4.95. The van der Waals surface area contributed by atoms with E-state index in [-0.39, 0.29) is 11.3 Å². The number of hydrogen-bond donors (Lipinski definition) is 1. The molecular weight excluding hydrogens is 402 g/mol. The van der Waals surface area contributed by atoms with Gasteiger partial charge in [-0.15, -0.1) is 0 Å². The Bertz CT molecular complexity index is 1210. The van der Waals surface area contributed by atoms with Gasteiger partial charge in [0.25, 0.3) is 11.8 Å². The topological polar surface area (TPSA) is 71.4 Å². The van der Waals surface area contributed by atoms with Crippen LogP contribution in [0.3, 0.4) is 0 Å². The van der Waals surface area contributed by atoms with Crippen LogP contribution < -0.4 is 10.2 Å². The molecule has 2 heterocycles. The van der Waals surface area contributed by atoms with Gasteiger partial charge in [0.05, 0.1) is 5.69 Å². The number of nitrogens with one attached hydrogen (secondary N) is 1. The summed E-state index contributed by atoms with van der Waals surface area (Å²) in [6.07, 6.45) is 1.52. The van der Waals surface area contributed by atoms with Crippen molar-refractivity contribution >= 4 is 41.2 Å². The van der Waals surface area contributed by atoms with E-state index in [4.69, 9.17) is 11.6 Å². The zero-order valence-electron chi connectivity index (χ0n) is 16.3. The monoisotopic (exact) mass is 419 g/mol. The first-order chi connectivity index (χ1) is 14.4. The van der Waals surface area contributed by atoms with Gasteiger partial charge in [0.2, 0.25) is 0 Å². The van der Waals surface area contributed by atoms with E-state index < -0.39 is 17.8 Å². The lowest BCUT2D eigenvalue weighted by Crippen LogP contribution is -2.54. The van der Waals surface area contributed by atoms with E-state index in [9.17, 15) is 14.4 Å². The van der Waals surface area contributed by atoms with Crippen molar-refractivity contribution in [3.05, 3.63) is 88.2 Å². The smallest absolute Gasteiger partial charge is 0.318 e. The number of imide groups is 2. The minimum absolute atomic E-state index is 0.122. The zero-order chi connectivity index (χ0) is 21.4. The minimum Gasteiger partial charge on any atom is -0.318 e. The van der Waals surface area contributed by atoms with Gasteiger partial charge in [0, 0.05) is 22.1 Å². The van der Waals surface area contributed by atoms with Gasteiger partial charge in [0.15, 0.2) is 0 Å². The largest absolute Gasteiger partial charge is 0.335 e. The summed E-state index contributed by atoms with van der Waals surface area (Å²) < 4.78 is 2.04. The van der Waals surface area contributed by atoms with Gasteiger partial charge in [-0.25, -0.2) is 9.69 Å². The fraction of sp³-hybridized carbons (Fsp3) is 0.0870. The number of halogens is 1. The van der Waals surface area contributed by atoms with E-state index in [0.29, 0.717) is 5.02 Å². The number of urea groups is 1. The molecule has 1 aromatic heterocycles. The molecule has 150 valence electrons. The van der Waals surface area contributed by atoms with Gasteiger partial charge in [-0.3, -0.25) is 14.9 Å². The Balaban J connectivity index is 1.77. The molecule has 4 amide bonds. The van der Waals surface area contributed by atoms with Crippen molar-refractivity contribution in [1.82, 2.24) is 9.88 Å². The van der Waals surface area contributed by atoms with Crippen LogP contribution >= 0.6 is 11.6 Å².